The Morgan fingerprint density at radius 2 is 2.00 bits per heavy atom. The molecule has 2 rings (SSSR count). The first-order valence-corrected chi connectivity index (χ1v) is 6.80. The topological polar surface area (TPSA) is 81.8 Å². The van der Waals surface area contributed by atoms with Gasteiger partial charge in [0.05, 0.1) is 6.33 Å². The van der Waals surface area contributed by atoms with E-state index in [1.165, 1.54) is 0 Å². The van der Waals surface area contributed by atoms with Gasteiger partial charge in [-0.25, -0.2) is 4.98 Å². The van der Waals surface area contributed by atoms with Crippen LogP contribution in [0.3, 0.4) is 0 Å². The third kappa shape index (κ3) is 2.98. The van der Waals surface area contributed by atoms with Gasteiger partial charge in [-0.2, -0.15) is 9.97 Å². The highest BCUT2D eigenvalue weighted by molar-refractivity contribution is 5.83. The maximum absolute atomic E-state index is 4.50. The van der Waals surface area contributed by atoms with Crippen molar-refractivity contribution < 1.29 is 0 Å². The van der Waals surface area contributed by atoms with Gasteiger partial charge < -0.3 is 20.5 Å². The van der Waals surface area contributed by atoms with Gasteiger partial charge in [0.2, 0.25) is 5.95 Å². The molecule has 20 heavy (non-hydrogen) atoms. The predicted molar refractivity (Wildman–Crippen MR) is 82.1 cm³/mol. The van der Waals surface area contributed by atoms with Gasteiger partial charge in [-0.3, -0.25) is 0 Å². The summed E-state index contributed by atoms with van der Waals surface area (Å²) in [5, 5.41) is 6.51. The van der Waals surface area contributed by atoms with Crippen LogP contribution in [0.1, 0.15) is 20.8 Å². The van der Waals surface area contributed by atoms with Gasteiger partial charge in [0.25, 0.3) is 0 Å². The summed E-state index contributed by atoms with van der Waals surface area (Å²) < 4.78 is 0. The number of hydrogen-bond acceptors (Lipinski definition) is 6. The molecule has 0 unspecified atom stereocenters. The minimum atomic E-state index is 0.0235. The second-order valence-electron chi connectivity index (χ2n) is 5.59. The van der Waals surface area contributed by atoms with Crippen LogP contribution < -0.4 is 10.6 Å². The Morgan fingerprint density at radius 3 is 2.65 bits per heavy atom. The van der Waals surface area contributed by atoms with E-state index in [4.69, 9.17) is 0 Å². The SMILES string of the molecule is CCNc1nc(NCC(C)(C)N(C)C)c2[nH]cnc2n1. The largest absolute Gasteiger partial charge is 0.366 e. The predicted octanol–water partition coefficient (Wildman–Crippen LogP) is 1.54. The molecule has 0 fully saturated rings. The van der Waals surface area contributed by atoms with Crippen LogP contribution in [0.4, 0.5) is 11.8 Å². The first-order valence-electron chi connectivity index (χ1n) is 6.80. The Hall–Kier alpha value is -1.89. The molecule has 7 nitrogen and oxygen atoms in total. The minimum Gasteiger partial charge on any atom is -0.366 e. The molecule has 7 heteroatoms. The number of likely N-dealkylation sites (N-methyl/N-ethyl adjacent to an activating group) is 1. The molecule has 0 aliphatic rings. The van der Waals surface area contributed by atoms with Crippen LogP contribution in [0, 0.1) is 0 Å². The average molecular weight is 277 g/mol. The third-order valence-electron chi connectivity index (χ3n) is 3.52. The number of H-pyrrole nitrogens is 1. The highest BCUT2D eigenvalue weighted by Gasteiger charge is 2.21. The van der Waals surface area contributed by atoms with Gasteiger partial charge >= 0.3 is 0 Å². The van der Waals surface area contributed by atoms with Crippen LogP contribution in [-0.4, -0.2) is 57.6 Å². The summed E-state index contributed by atoms with van der Waals surface area (Å²) in [4.78, 5) is 18.3. The van der Waals surface area contributed by atoms with Crippen molar-refractivity contribution in [2.75, 3.05) is 37.8 Å². The van der Waals surface area contributed by atoms with E-state index in [-0.39, 0.29) is 5.54 Å². The molecular formula is C13H23N7. The quantitative estimate of drug-likeness (QED) is 0.743. The van der Waals surface area contributed by atoms with Crippen molar-refractivity contribution in [3.8, 4) is 0 Å². The molecule has 0 saturated carbocycles. The molecule has 0 aliphatic carbocycles. The molecule has 3 N–H and O–H groups in total. The molecule has 0 radical (unpaired) electrons. The number of hydrogen-bond donors (Lipinski definition) is 3. The van der Waals surface area contributed by atoms with E-state index in [0.717, 1.165) is 24.4 Å². The molecule has 2 aromatic rings. The van der Waals surface area contributed by atoms with Crippen LogP contribution in [0.15, 0.2) is 6.33 Å². The lowest BCUT2D eigenvalue weighted by Crippen LogP contribution is -2.44. The zero-order valence-electron chi connectivity index (χ0n) is 12.8. The molecule has 0 amide bonds. The van der Waals surface area contributed by atoms with Crippen molar-refractivity contribution in [2.24, 2.45) is 0 Å². The van der Waals surface area contributed by atoms with Crippen molar-refractivity contribution in [1.29, 1.82) is 0 Å². The lowest BCUT2D eigenvalue weighted by Gasteiger charge is -2.32. The van der Waals surface area contributed by atoms with Gasteiger partial charge in [0.1, 0.15) is 5.52 Å². The first kappa shape index (κ1) is 14.5. The molecule has 0 aliphatic heterocycles. The van der Waals surface area contributed by atoms with E-state index in [9.17, 15) is 0 Å². The maximum atomic E-state index is 4.50. The van der Waals surface area contributed by atoms with Gasteiger partial charge in [-0.15, -0.1) is 0 Å². The smallest absolute Gasteiger partial charge is 0.226 e. The van der Waals surface area contributed by atoms with Gasteiger partial charge in [0.15, 0.2) is 11.5 Å². The average Bonchev–Trinajstić information content (AvgIpc) is 2.84. The summed E-state index contributed by atoms with van der Waals surface area (Å²) in [5.74, 6) is 1.37. The molecule has 110 valence electrons. The third-order valence-corrected chi connectivity index (χ3v) is 3.52. The van der Waals surface area contributed by atoms with Crippen molar-refractivity contribution >= 4 is 22.9 Å². The van der Waals surface area contributed by atoms with Gasteiger partial charge in [-0.05, 0) is 34.9 Å². The fourth-order valence-corrected chi connectivity index (χ4v) is 1.66. The number of nitrogens with zero attached hydrogens (tertiary/aromatic N) is 4. The van der Waals surface area contributed by atoms with Crippen molar-refractivity contribution in [3.05, 3.63) is 6.33 Å². The maximum Gasteiger partial charge on any atom is 0.226 e. The van der Waals surface area contributed by atoms with Crippen LogP contribution in [0.5, 0.6) is 0 Å². The van der Waals surface area contributed by atoms with Gasteiger partial charge in [-0.1, -0.05) is 0 Å². The molecular weight excluding hydrogens is 254 g/mol. The molecule has 0 aromatic carbocycles. The summed E-state index contributed by atoms with van der Waals surface area (Å²) in [7, 11) is 4.13. The number of nitrogens with one attached hydrogen (secondary N) is 3. The normalized spacial score (nSPS) is 12.1. The van der Waals surface area contributed by atoms with Crippen LogP contribution in [-0.2, 0) is 0 Å². The summed E-state index contributed by atoms with van der Waals surface area (Å²) in [6, 6.07) is 0. The highest BCUT2D eigenvalue weighted by atomic mass is 15.2. The van der Waals surface area contributed by atoms with E-state index < -0.39 is 0 Å². The van der Waals surface area contributed by atoms with Gasteiger partial charge in [0, 0.05) is 18.6 Å². The zero-order valence-corrected chi connectivity index (χ0v) is 12.8. The number of aromatic amines is 1. The Morgan fingerprint density at radius 1 is 1.25 bits per heavy atom. The monoisotopic (exact) mass is 277 g/mol. The second-order valence-corrected chi connectivity index (χ2v) is 5.59. The van der Waals surface area contributed by atoms with Crippen LogP contribution in [0.25, 0.3) is 11.2 Å². The van der Waals surface area contributed by atoms with E-state index >= 15 is 0 Å². The van der Waals surface area contributed by atoms with E-state index in [1.807, 2.05) is 6.92 Å². The highest BCUT2D eigenvalue weighted by Crippen LogP contribution is 2.20. The number of anilines is 2. The lowest BCUT2D eigenvalue weighted by atomic mass is 10.0. The Labute approximate surface area is 119 Å². The van der Waals surface area contributed by atoms with Crippen molar-refractivity contribution in [3.63, 3.8) is 0 Å². The van der Waals surface area contributed by atoms with E-state index in [0.29, 0.717) is 11.6 Å². The van der Waals surface area contributed by atoms with Crippen molar-refractivity contribution in [1.82, 2.24) is 24.8 Å². The molecule has 2 heterocycles. The Kier molecular flexibility index (Phi) is 4.08. The number of fused-ring (bicyclic) bond motifs is 1. The van der Waals surface area contributed by atoms with E-state index in [1.54, 1.807) is 6.33 Å². The molecule has 0 bridgehead atoms. The van der Waals surface area contributed by atoms with Crippen LogP contribution in [0.2, 0.25) is 0 Å². The fourth-order valence-electron chi connectivity index (χ4n) is 1.66. The first-order chi connectivity index (χ1) is 9.44. The van der Waals surface area contributed by atoms with Crippen molar-refractivity contribution in [2.45, 2.75) is 26.3 Å². The standard InChI is InChI=1S/C13H23N7/c1-6-14-12-18-10(9-11(19-12)17-8-16-9)15-7-13(2,3)20(4)5/h8H,6-7H2,1-5H3,(H3,14,15,16,17,18,19). The molecule has 0 spiro atoms. The zero-order chi connectivity index (χ0) is 14.8. The Balaban J connectivity index is 2.26. The number of imidazole rings is 1. The molecule has 0 atom stereocenters. The summed E-state index contributed by atoms with van der Waals surface area (Å²) in [5.41, 5.74) is 1.53. The summed E-state index contributed by atoms with van der Waals surface area (Å²) >= 11 is 0. The Bertz CT molecular complexity index is 573. The second kappa shape index (κ2) is 5.62. The molecule has 2 aromatic heterocycles. The summed E-state index contributed by atoms with van der Waals surface area (Å²) in [6.07, 6.45) is 1.64. The number of aromatic nitrogens is 4. The number of rotatable bonds is 6. The van der Waals surface area contributed by atoms with E-state index in [2.05, 4.69) is 63.4 Å². The summed E-state index contributed by atoms with van der Waals surface area (Å²) in [6.45, 7) is 7.92. The lowest BCUT2D eigenvalue weighted by molar-refractivity contribution is 0.210. The van der Waals surface area contributed by atoms with Crippen LogP contribution >= 0.6 is 0 Å². The minimum absolute atomic E-state index is 0.0235. The fraction of sp³-hybridized carbons (Fsp3) is 0.615. The molecule has 0 saturated heterocycles.